The zero-order chi connectivity index (χ0) is 12.2. The lowest BCUT2D eigenvalue weighted by atomic mass is 10.3. The third-order valence-corrected chi connectivity index (χ3v) is 3.65. The molecule has 0 N–H and O–H groups in total. The molecule has 0 saturated heterocycles. The van der Waals surface area contributed by atoms with Crippen LogP contribution in [-0.4, -0.2) is 19.5 Å². The van der Waals surface area contributed by atoms with E-state index in [1.807, 2.05) is 12.4 Å². The highest BCUT2D eigenvalue weighted by atomic mass is 32.1. The molecule has 0 fully saturated rings. The third kappa shape index (κ3) is 2.31. The Balaban J connectivity index is 1.80. The van der Waals surface area contributed by atoms with Gasteiger partial charge in [0.15, 0.2) is 0 Å². The van der Waals surface area contributed by atoms with Crippen molar-refractivity contribution in [1.82, 2.24) is 19.5 Å². The van der Waals surface area contributed by atoms with Gasteiger partial charge in [-0.25, -0.2) is 15.0 Å². The number of hydrogen-bond acceptors (Lipinski definition) is 4. The molecule has 0 saturated carbocycles. The summed E-state index contributed by atoms with van der Waals surface area (Å²) in [6.45, 7) is 0.921. The second kappa shape index (κ2) is 5.10. The highest BCUT2D eigenvalue weighted by molar-refractivity contribution is 7.09. The minimum atomic E-state index is 0.921. The molecule has 0 spiro atoms. The van der Waals surface area contributed by atoms with Gasteiger partial charge in [0, 0.05) is 36.2 Å². The second-order valence-corrected chi connectivity index (χ2v) is 4.93. The smallest absolute Gasteiger partial charge is 0.143 e. The Morgan fingerprint density at radius 2 is 2.11 bits per heavy atom. The molecule has 18 heavy (non-hydrogen) atoms. The number of thiophene rings is 1. The number of imidazole rings is 1. The van der Waals surface area contributed by atoms with Crippen LogP contribution in [0.15, 0.2) is 48.6 Å². The van der Waals surface area contributed by atoms with Gasteiger partial charge in [-0.2, -0.15) is 0 Å². The summed E-state index contributed by atoms with van der Waals surface area (Å²) < 4.78 is 2.14. The van der Waals surface area contributed by atoms with Crippen molar-refractivity contribution < 1.29 is 0 Å². The van der Waals surface area contributed by atoms with Gasteiger partial charge in [-0.1, -0.05) is 6.07 Å². The first-order valence-electron chi connectivity index (χ1n) is 5.72. The molecular formula is C13H12N4S. The van der Waals surface area contributed by atoms with E-state index < -0.39 is 0 Å². The maximum Gasteiger partial charge on any atom is 0.143 e. The van der Waals surface area contributed by atoms with Crippen molar-refractivity contribution in [1.29, 1.82) is 0 Å². The van der Waals surface area contributed by atoms with Crippen LogP contribution in [0, 0.1) is 0 Å². The van der Waals surface area contributed by atoms with Gasteiger partial charge in [-0.15, -0.1) is 11.3 Å². The topological polar surface area (TPSA) is 43.6 Å². The Morgan fingerprint density at radius 1 is 1.22 bits per heavy atom. The molecule has 0 amide bonds. The van der Waals surface area contributed by atoms with Crippen LogP contribution in [-0.2, 0) is 13.0 Å². The van der Waals surface area contributed by atoms with E-state index in [-0.39, 0.29) is 0 Å². The lowest BCUT2D eigenvalue weighted by molar-refractivity contribution is 0.708. The minimum absolute atomic E-state index is 0.921. The highest BCUT2D eigenvalue weighted by Gasteiger charge is 2.06. The van der Waals surface area contributed by atoms with Crippen LogP contribution in [0.1, 0.15) is 4.88 Å². The number of rotatable bonds is 4. The van der Waals surface area contributed by atoms with Crippen LogP contribution in [0.25, 0.3) is 11.4 Å². The fourth-order valence-electron chi connectivity index (χ4n) is 1.85. The molecule has 0 atom stereocenters. The predicted octanol–water partition coefficient (Wildman–Crippen LogP) is 2.64. The van der Waals surface area contributed by atoms with Crippen molar-refractivity contribution >= 4 is 11.3 Å². The summed E-state index contributed by atoms with van der Waals surface area (Å²) in [6, 6.07) is 4.24. The molecule has 3 rings (SSSR count). The zero-order valence-electron chi connectivity index (χ0n) is 9.73. The van der Waals surface area contributed by atoms with E-state index in [2.05, 4.69) is 37.0 Å². The van der Waals surface area contributed by atoms with Gasteiger partial charge in [-0.05, 0) is 17.9 Å². The van der Waals surface area contributed by atoms with E-state index in [4.69, 9.17) is 0 Å². The molecule has 0 unspecified atom stereocenters. The molecule has 4 nitrogen and oxygen atoms in total. The first-order valence-corrected chi connectivity index (χ1v) is 6.60. The molecule has 0 aliphatic carbocycles. The molecule has 0 radical (unpaired) electrons. The first kappa shape index (κ1) is 11.1. The maximum atomic E-state index is 4.37. The second-order valence-electron chi connectivity index (χ2n) is 3.90. The van der Waals surface area contributed by atoms with Gasteiger partial charge in [0.25, 0.3) is 0 Å². The molecule has 3 heterocycles. The van der Waals surface area contributed by atoms with Gasteiger partial charge in [0.05, 0.1) is 5.56 Å². The van der Waals surface area contributed by atoms with Gasteiger partial charge in [-0.3, -0.25) is 0 Å². The molecule has 5 heteroatoms. The van der Waals surface area contributed by atoms with E-state index in [9.17, 15) is 0 Å². The van der Waals surface area contributed by atoms with E-state index in [0.717, 1.165) is 24.4 Å². The standard InChI is InChI=1S/C13H12N4S/c1-2-12(18-7-1)3-5-17-6-4-16-13(17)11-8-14-10-15-9-11/h1-2,4,6-10H,3,5H2. The van der Waals surface area contributed by atoms with Gasteiger partial charge < -0.3 is 4.57 Å². The predicted molar refractivity (Wildman–Crippen MR) is 71.3 cm³/mol. The largest absolute Gasteiger partial charge is 0.331 e. The van der Waals surface area contributed by atoms with Gasteiger partial charge in [0.2, 0.25) is 0 Å². The van der Waals surface area contributed by atoms with Crippen LogP contribution in [0.5, 0.6) is 0 Å². The van der Waals surface area contributed by atoms with Crippen LogP contribution in [0.2, 0.25) is 0 Å². The molecule has 3 aromatic rings. The fraction of sp³-hybridized carbons (Fsp3) is 0.154. The van der Waals surface area contributed by atoms with Crippen LogP contribution < -0.4 is 0 Å². The highest BCUT2D eigenvalue weighted by Crippen LogP contribution is 2.16. The summed E-state index contributed by atoms with van der Waals surface area (Å²) in [6.07, 6.45) is 9.94. The van der Waals surface area contributed by atoms with Crippen LogP contribution in [0.3, 0.4) is 0 Å². The van der Waals surface area contributed by atoms with Crippen molar-refractivity contribution in [3.63, 3.8) is 0 Å². The first-order chi connectivity index (χ1) is 8.93. The average Bonchev–Trinajstić information content (AvgIpc) is 3.09. The number of aryl methyl sites for hydroxylation is 2. The van der Waals surface area contributed by atoms with Crippen LogP contribution in [0.4, 0.5) is 0 Å². The summed E-state index contributed by atoms with van der Waals surface area (Å²) >= 11 is 1.79. The quantitative estimate of drug-likeness (QED) is 0.720. The maximum absolute atomic E-state index is 4.37. The molecular weight excluding hydrogens is 244 g/mol. The van der Waals surface area contributed by atoms with Gasteiger partial charge >= 0.3 is 0 Å². The van der Waals surface area contributed by atoms with Gasteiger partial charge in [0.1, 0.15) is 12.2 Å². The number of hydrogen-bond donors (Lipinski definition) is 0. The summed E-state index contributed by atoms with van der Waals surface area (Å²) in [5, 5.41) is 2.11. The summed E-state index contributed by atoms with van der Waals surface area (Å²) in [5.41, 5.74) is 0.952. The van der Waals surface area contributed by atoms with Crippen molar-refractivity contribution in [3.8, 4) is 11.4 Å². The Hall–Kier alpha value is -2.01. The lowest BCUT2D eigenvalue weighted by Crippen LogP contribution is -2.02. The normalized spacial score (nSPS) is 10.7. The average molecular weight is 256 g/mol. The number of nitrogens with zero attached hydrogens (tertiary/aromatic N) is 4. The molecule has 0 aliphatic rings. The van der Waals surface area contributed by atoms with Crippen molar-refractivity contribution in [2.24, 2.45) is 0 Å². The Morgan fingerprint density at radius 3 is 2.89 bits per heavy atom. The van der Waals surface area contributed by atoms with Crippen molar-refractivity contribution in [2.45, 2.75) is 13.0 Å². The Bertz CT molecular complexity index is 601. The van der Waals surface area contributed by atoms with Crippen LogP contribution >= 0.6 is 11.3 Å². The molecule has 0 bridgehead atoms. The molecule has 3 aromatic heterocycles. The van der Waals surface area contributed by atoms with Crippen molar-refractivity contribution in [2.75, 3.05) is 0 Å². The van der Waals surface area contributed by atoms with E-state index in [1.54, 1.807) is 23.7 Å². The summed E-state index contributed by atoms with van der Waals surface area (Å²) in [7, 11) is 0. The Labute approximate surface area is 109 Å². The third-order valence-electron chi connectivity index (χ3n) is 2.71. The lowest BCUT2D eigenvalue weighted by Gasteiger charge is -2.06. The van der Waals surface area contributed by atoms with E-state index in [0.29, 0.717) is 0 Å². The minimum Gasteiger partial charge on any atom is -0.331 e. The Kier molecular flexibility index (Phi) is 3.14. The molecule has 90 valence electrons. The molecule has 0 aromatic carbocycles. The summed E-state index contributed by atoms with van der Waals surface area (Å²) in [4.78, 5) is 13.8. The fourth-order valence-corrected chi connectivity index (χ4v) is 2.55. The van der Waals surface area contributed by atoms with E-state index >= 15 is 0 Å². The SMILES string of the molecule is c1csc(CCn2ccnc2-c2cncnc2)c1. The van der Waals surface area contributed by atoms with Crippen molar-refractivity contribution in [3.05, 3.63) is 53.5 Å². The number of aromatic nitrogens is 4. The van der Waals surface area contributed by atoms with E-state index in [1.165, 1.54) is 11.2 Å². The molecule has 0 aliphatic heterocycles. The monoisotopic (exact) mass is 256 g/mol. The zero-order valence-corrected chi connectivity index (χ0v) is 10.5. The summed E-state index contributed by atoms with van der Waals surface area (Å²) in [5.74, 6) is 0.923.